The molecule has 0 spiro atoms. The zero-order valence-corrected chi connectivity index (χ0v) is 10.1. The number of piperidine rings is 1. The maximum atomic E-state index is 5.71. The van der Waals surface area contributed by atoms with Crippen molar-refractivity contribution in [3.63, 3.8) is 0 Å². The fourth-order valence-corrected chi connectivity index (χ4v) is 2.20. The van der Waals surface area contributed by atoms with Crippen molar-refractivity contribution in [2.45, 2.75) is 18.9 Å². The zero-order chi connectivity index (χ0) is 11.5. The van der Waals surface area contributed by atoms with Crippen molar-refractivity contribution in [2.75, 3.05) is 37.8 Å². The van der Waals surface area contributed by atoms with E-state index in [0.717, 1.165) is 18.9 Å². The van der Waals surface area contributed by atoms with Crippen LogP contribution in [0.25, 0.3) is 0 Å². The Morgan fingerprint density at radius 1 is 1.44 bits per heavy atom. The van der Waals surface area contributed by atoms with Gasteiger partial charge in [-0.25, -0.2) is 4.98 Å². The average molecular weight is 220 g/mol. The van der Waals surface area contributed by atoms with E-state index < -0.39 is 0 Å². The normalized spacial score (nSPS) is 21.4. The zero-order valence-electron chi connectivity index (χ0n) is 10.1. The second-order valence-electron chi connectivity index (χ2n) is 4.63. The molecule has 0 aromatic carbocycles. The summed E-state index contributed by atoms with van der Waals surface area (Å²) in [4.78, 5) is 8.99. The van der Waals surface area contributed by atoms with Gasteiger partial charge in [-0.3, -0.25) is 0 Å². The maximum absolute atomic E-state index is 5.71. The summed E-state index contributed by atoms with van der Waals surface area (Å²) in [5.41, 5.74) is 5.71. The quantitative estimate of drug-likeness (QED) is 0.813. The summed E-state index contributed by atoms with van der Waals surface area (Å²) in [6.45, 7) is 2.13. The number of aromatic nitrogens is 1. The molecule has 2 N–H and O–H groups in total. The Kier molecular flexibility index (Phi) is 3.29. The standard InChI is InChI=1S/C12H20N4/c1-15(2)10-5-4-8-16(9-10)12-7-3-6-11(13)14-12/h3,6-7,10H,4-5,8-9H2,1-2H3,(H2,13,14). The Labute approximate surface area is 97.1 Å². The van der Waals surface area contributed by atoms with Gasteiger partial charge >= 0.3 is 0 Å². The minimum atomic E-state index is 0.601. The summed E-state index contributed by atoms with van der Waals surface area (Å²) < 4.78 is 0. The fraction of sp³-hybridized carbons (Fsp3) is 0.583. The van der Waals surface area contributed by atoms with Gasteiger partial charge in [0.1, 0.15) is 11.6 Å². The molecule has 1 saturated heterocycles. The number of nitrogen functional groups attached to an aromatic ring is 1. The lowest BCUT2D eigenvalue weighted by Crippen LogP contribution is -2.45. The van der Waals surface area contributed by atoms with Gasteiger partial charge in [0.25, 0.3) is 0 Å². The molecule has 16 heavy (non-hydrogen) atoms. The number of hydrogen-bond acceptors (Lipinski definition) is 4. The van der Waals surface area contributed by atoms with E-state index in [-0.39, 0.29) is 0 Å². The van der Waals surface area contributed by atoms with E-state index in [1.165, 1.54) is 12.8 Å². The first-order chi connectivity index (χ1) is 7.66. The second kappa shape index (κ2) is 4.70. The van der Waals surface area contributed by atoms with Crippen LogP contribution in [0.5, 0.6) is 0 Å². The van der Waals surface area contributed by atoms with E-state index in [9.17, 15) is 0 Å². The van der Waals surface area contributed by atoms with Gasteiger partial charge in [-0.15, -0.1) is 0 Å². The summed E-state index contributed by atoms with van der Waals surface area (Å²) in [5, 5.41) is 0. The van der Waals surface area contributed by atoms with Gasteiger partial charge in [0.05, 0.1) is 0 Å². The molecule has 0 radical (unpaired) electrons. The van der Waals surface area contributed by atoms with Crippen LogP contribution < -0.4 is 10.6 Å². The van der Waals surface area contributed by atoms with Gasteiger partial charge in [0.15, 0.2) is 0 Å². The summed E-state index contributed by atoms with van der Waals surface area (Å²) in [5.74, 6) is 1.61. The van der Waals surface area contributed by atoms with Gasteiger partial charge in [-0.1, -0.05) is 6.07 Å². The van der Waals surface area contributed by atoms with Crippen molar-refractivity contribution in [2.24, 2.45) is 0 Å². The molecule has 1 aliphatic rings. The molecular formula is C12H20N4. The summed E-state index contributed by atoms with van der Waals surface area (Å²) in [6.07, 6.45) is 2.49. The van der Waals surface area contributed by atoms with Crippen LogP contribution in [-0.2, 0) is 0 Å². The van der Waals surface area contributed by atoms with Crippen molar-refractivity contribution in [3.05, 3.63) is 18.2 Å². The van der Waals surface area contributed by atoms with E-state index in [2.05, 4.69) is 28.9 Å². The molecule has 0 saturated carbocycles. The molecule has 1 aromatic heterocycles. The molecule has 0 bridgehead atoms. The van der Waals surface area contributed by atoms with E-state index in [4.69, 9.17) is 5.73 Å². The third-order valence-corrected chi connectivity index (χ3v) is 3.21. The summed E-state index contributed by atoms with van der Waals surface area (Å²) >= 11 is 0. The van der Waals surface area contributed by atoms with E-state index in [0.29, 0.717) is 11.9 Å². The Morgan fingerprint density at radius 2 is 2.25 bits per heavy atom. The SMILES string of the molecule is CN(C)C1CCCN(c2cccc(N)n2)C1. The number of rotatable bonds is 2. The van der Waals surface area contributed by atoms with E-state index in [1.54, 1.807) is 0 Å². The number of hydrogen-bond donors (Lipinski definition) is 1. The van der Waals surface area contributed by atoms with Crippen LogP contribution >= 0.6 is 0 Å². The first-order valence-corrected chi connectivity index (χ1v) is 5.81. The third kappa shape index (κ3) is 2.44. The largest absolute Gasteiger partial charge is 0.384 e. The van der Waals surface area contributed by atoms with Gasteiger partial charge in [-0.05, 0) is 39.1 Å². The van der Waals surface area contributed by atoms with Crippen molar-refractivity contribution >= 4 is 11.6 Å². The monoisotopic (exact) mass is 220 g/mol. The van der Waals surface area contributed by atoms with E-state index in [1.807, 2.05) is 18.2 Å². The molecular weight excluding hydrogens is 200 g/mol. The Bertz CT molecular complexity index is 351. The molecule has 1 aromatic rings. The number of nitrogens with zero attached hydrogens (tertiary/aromatic N) is 3. The van der Waals surface area contributed by atoms with Crippen LogP contribution in [0.3, 0.4) is 0 Å². The maximum Gasteiger partial charge on any atom is 0.130 e. The Balaban J connectivity index is 2.09. The number of anilines is 2. The third-order valence-electron chi connectivity index (χ3n) is 3.21. The molecule has 1 atom stereocenters. The minimum Gasteiger partial charge on any atom is -0.384 e. The predicted molar refractivity (Wildman–Crippen MR) is 67.6 cm³/mol. The highest BCUT2D eigenvalue weighted by Gasteiger charge is 2.22. The topological polar surface area (TPSA) is 45.4 Å². The first-order valence-electron chi connectivity index (χ1n) is 5.81. The minimum absolute atomic E-state index is 0.601. The smallest absolute Gasteiger partial charge is 0.130 e. The van der Waals surface area contributed by atoms with Crippen LogP contribution in [-0.4, -0.2) is 43.1 Å². The van der Waals surface area contributed by atoms with Crippen molar-refractivity contribution in [1.29, 1.82) is 0 Å². The molecule has 0 aliphatic carbocycles. The predicted octanol–water partition coefficient (Wildman–Crippen LogP) is 1.19. The molecule has 0 amide bonds. The highest BCUT2D eigenvalue weighted by atomic mass is 15.2. The van der Waals surface area contributed by atoms with Gasteiger partial charge < -0.3 is 15.5 Å². The summed E-state index contributed by atoms with van der Waals surface area (Å²) in [7, 11) is 4.28. The summed E-state index contributed by atoms with van der Waals surface area (Å²) in [6, 6.07) is 6.46. The van der Waals surface area contributed by atoms with Crippen molar-refractivity contribution < 1.29 is 0 Å². The molecule has 1 aliphatic heterocycles. The Morgan fingerprint density at radius 3 is 2.94 bits per heavy atom. The van der Waals surface area contributed by atoms with Crippen molar-refractivity contribution in [1.82, 2.24) is 9.88 Å². The number of pyridine rings is 1. The van der Waals surface area contributed by atoms with Crippen LogP contribution in [0.15, 0.2) is 18.2 Å². The first kappa shape index (κ1) is 11.2. The molecule has 2 heterocycles. The molecule has 2 rings (SSSR count). The fourth-order valence-electron chi connectivity index (χ4n) is 2.20. The van der Waals surface area contributed by atoms with E-state index >= 15 is 0 Å². The Hall–Kier alpha value is -1.29. The van der Waals surface area contributed by atoms with Gasteiger partial charge in [-0.2, -0.15) is 0 Å². The van der Waals surface area contributed by atoms with Crippen molar-refractivity contribution in [3.8, 4) is 0 Å². The van der Waals surface area contributed by atoms with Crippen LogP contribution in [0.2, 0.25) is 0 Å². The number of likely N-dealkylation sites (N-methyl/N-ethyl adjacent to an activating group) is 1. The van der Waals surface area contributed by atoms with Gasteiger partial charge in [0, 0.05) is 19.1 Å². The second-order valence-corrected chi connectivity index (χ2v) is 4.63. The molecule has 4 heteroatoms. The molecule has 88 valence electrons. The molecule has 1 fully saturated rings. The van der Waals surface area contributed by atoms with Gasteiger partial charge in [0.2, 0.25) is 0 Å². The molecule has 4 nitrogen and oxygen atoms in total. The van der Waals surface area contributed by atoms with Crippen LogP contribution in [0, 0.1) is 0 Å². The molecule has 1 unspecified atom stereocenters. The van der Waals surface area contributed by atoms with Crippen LogP contribution in [0.1, 0.15) is 12.8 Å². The highest BCUT2D eigenvalue weighted by molar-refractivity contribution is 5.45. The highest BCUT2D eigenvalue weighted by Crippen LogP contribution is 2.20. The van der Waals surface area contributed by atoms with Crippen LogP contribution in [0.4, 0.5) is 11.6 Å². The lowest BCUT2D eigenvalue weighted by atomic mass is 10.1. The lowest BCUT2D eigenvalue weighted by Gasteiger charge is -2.36. The lowest BCUT2D eigenvalue weighted by molar-refractivity contribution is 0.257. The number of nitrogens with two attached hydrogens (primary N) is 1. The average Bonchev–Trinajstić information content (AvgIpc) is 2.29.